The van der Waals surface area contributed by atoms with Crippen LogP contribution in [0.5, 0.6) is 0 Å². The molecule has 0 spiro atoms. The highest BCUT2D eigenvalue weighted by atomic mass is 32.2. The molecule has 0 bridgehead atoms. The van der Waals surface area contributed by atoms with Crippen LogP contribution >= 0.6 is 0 Å². The summed E-state index contributed by atoms with van der Waals surface area (Å²) in [6, 6.07) is 2.91. The SMILES string of the molecule is CCC(C)C(O)CNS(=O)(=O)c1cccc(F)c1F. The molecule has 0 aliphatic carbocycles. The van der Waals surface area contributed by atoms with Crippen LogP contribution in [0.25, 0.3) is 0 Å². The van der Waals surface area contributed by atoms with E-state index in [2.05, 4.69) is 4.72 Å². The van der Waals surface area contributed by atoms with Crippen LogP contribution in [0.1, 0.15) is 20.3 Å². The number of aliphatic hydroxyl groups is 1. The molecule has 0 aromatic heterocycles. The van der Waals surface area contributed by atoms with Crippen molar-refractivity contribution in [3.05, 3.63) is 29.8 Å². The van der Waals surface area contributed by atoms with Gasteiger partial charge in [0.15, 0.2) is 11.6 Å². The molecule has 1 aromatic carbocycles. The summed E-state index contributed by atoms with van der Waals surface area (Å²) in [5, 5.41) is 9.66. The lowest BCUT2D eigenvalue weighted by Gasteiger charge is -2.17. The first-order chi connectivity index (χ1) is 8.79. The van der Waals surface area contributed by atoms with E-state index in [4.69, 9.17) is 0 Å². The first-order valence-corrected chi connectivity index (χ1v) is 7.39. The van der Waals surface area contributed by atoms with E-state index in [0.29, 0.717) is 6.42 Å². The van der Waals surface area contributed by atoms with Crippen molar-refractivity contribution in [1.29, 1.82) is 0 Å². The molecule has 0 saturated carbocycles. The first kappa shape index (κ1) is 16.0. The molecule has 2 N–H and O–H groups in total. The maximum absolute atomic E-state index is 13.4. The van der Waals surface area contributed by atoms with Crippen molar-refractivity contribution in [1.82, 2.24) is 4.72 Å². The van der Waals surface area contributed by atoms with Crippen molar-refractivity contribution in [2.45, 2.75) is 31.3 Å². The second-order valence-corrected chi connectivity index (χ2v) is 6.09. The third kappa shape index (κ3) is 3.95. The van der Waals surface area contributed by atoms with Crippen molar-refractivity contribution in [2.24, 2.45) is 5.92 Å². The highest BCUT2D eigenvalue weighted by Gasteiger charge is 2.23. The van der Waals surface area contributed by atoms with Gasteiger partial charge in [0.25, 0.3) is 0 Å². The van der Waals surface area contributed by atoms with Gasteiger partial charge in [-0.2, -0.15) is 0 Å². The molecule has 0 aliphatic rings. The van der Waals surface area contributed by atoms with E-state index in [1.54, 1.807) is 6.92 Å². The third-order valence-electron chi connectivity index (χ3n) is 2.99. The lowest BCUT2D eigenvalue weighted by Crippen LogP contribution is -2.35. The van der Waals surface area contributed by atoms with Crippen molar-refractivity contribution >= 4 is 10.0 Å². The van der Waals surface area contributed by atoms with E-state index >= 15 is 0 Å². The van der Waals surface area contributed by atoms with E-state index in [-0.39, 0.29) is 12.5 Å². The summed E-state index contributed by atoms with van der Waals surface area (Å²) in [4.78, 5) is -0.760. The Hall–Kier alpha value is -1.05. The average molecular weight is 293 g/mol. The Kier molecular flexibility index (Phi) is 5.39. The first-order valence-electron chi connectivity index (χ1n) is 5.91. The van der Waals surface area contributed by atoms with Crippen LogP contribution in [0.15, 0.2) is 23.1 Å². The lowest BCUT2D eigenvalue weighted by molar-refractivity contribution is 0.118. The Balaban J connectivity index is 2.85. The van der Waals surface area contributed by atoms with Gasteiger partial charge >= 0.3 is 0 Å². The van der Waals surface area contributed by atoms with E-state index in [1.807, 2.05) is 6.92 Å². The minimum Gasteiger partial charge on any atom is -0.391 e. The largest absolute Gasteiger partial charge is 0.391 e. The van der Waals surface area contributed by atoms with Crippen LogP contribution in [0.3, 0.4) is 0 Å². The van der Waals surface area contributed by atoms with Crippen molar-refractivity contribution in [3.63, 3.8) is 0 Å². The number of halogens is 2. The summed E-state index contributed by atoms with van der Waals surface area (Å²) in [6.07, 6.45) is -0.201. The molecule has 0 radical (unpaired) electrons. The second-order valence-electron chi connectivity index (χ2n) is 4.36. The minimum atomic E-state index is -4.18. The van der Waals surface area contributed by atoms with Crippen molar-refractivity contribution in [2.75, 3.05) is 6.54 Å². The van der Waals surface area contributed by atoms with Gasteiger partial charge in [0.05, 0.1) is 6.10 Å². The van der Waals surface area contributed by atoms with Crippen LogP contribution in [-0.4, -0.2) is 26.2 Å². The van der Waals surface area contributed by atoms with Crippen LogP contribution in [-0.2, 0) is 10.0 Å². The minimum absolute atomic E-state index is 0.0972. The number of rotatable bonds is 6. The van der Waals surface area contributed by atoms with Gasteiger partial charge in [0, 0.05) is 6.54 Å². The number of hydrogen-bond acceptors (Lipinski definition) is 3. The molecule has 7 heteroatoms. The predicted octanol–water partition coefficient (Wildman–Crippen LogP) is 1.65. The Morgan fingerprint density at radius 1 is 1.37 bits per heavy atom. The number of aliphatic hydroxyl groups excluding tert-OH is 1. The van der Waals surface area contributed by atoms with Crippen molar-refractivity contribution in [3.8, 4) is 0 Å². The maximum Gasteiger partial charge on any atom is 0.243 e. The normalized spacial score (nSPS) is 15.2. The Labute approximate surface area is 111 Å². The standard InChI is InChI=1S/C12H17F2NO3S/c1-3-8(2)10(16)7-15-19(17,18)11-6-4-5-9(13)12(11)14/h4-6,8,10,15-16H,3,7H2,1-2H3. The predicted molar refractivity (Wildman–Crippen MR) is 67.0 cm³/mol. The van der Waals surface area contributed by atoms with Crippen LogP contribution in [0.4, 0.5) is 8.78 Å². The summed E-state index contributed by atoms with van der Waals surface area (Å²) in [5.74, 6) is -2.75. The van der Waals surface area contributed by atoms with Crippen molar-refractivity contribution < 1.29 is 22.3 Å². The summed E-state index contributed by atoms with van der Waals surface area (Å²) in [6.45, 7) is 3.38. The molecule has 0 saturated heterocycles. The molecule has 108 valence electrons. The van der Waals surface area contributed by atoms with E-state index < -0.39 is 32.7 Å². The molecule has 1 aromatic rings. The van der Waals surface area contributed by atoms with Gasteiger partial charge in [-0.25, -0.2) is 21.9 Å². The van der Waals surface area contributed by atoms with Crippen LogP contribution < -0.4 is 4.72 Å². The number of sulfonamides is 1. The molecule has 4 nitrogen and oxygen atoms in total. The zero-order chi connectivity index (χ0) is 14.6. The quantitative estimate of drug-likeness (QED) is 0.838. The fourth-order valence-corrected chi connectivity index (χ4v) is 2.57. The van der Waals surface area contributed by atoms with E-state index in [1.165, 1.54) is 0 Å². The van der Waals surface area contributed by atoms with Gasteiger partial charge in [-0.1, -0.05) is 26.3 Å². The fraction of sp³-hybridized carbons (Fsp3) is 0.500. The van der Waals surface area contributed by atoms with Crippen LogP contribution in [0.2, 0.25) is 0 Å². The molecular formula is C12H17F2NO3S. The molecular weight excluding hydrogens is 276 g/mol. The van der Waals surface area contributed by atoms with Gasteiger partial charge in [-0.3, -0.25) is 0 Å². The summed E-state index contributed by atoms with van der Waals surface area (Å²) in [7, 11) is -4.18. The Morgan fingerprint density at radius 3 is 2.58 bits per heavy atom. The highest BCUT2D eigenvalue weighted by Crippen LogP contribution is 2.17. The Bertz CT molecular complexity index is 534. The number of hydrogen-bond donors (Lipinski definition) is 2. The topological polar surface area (TPSA) is 66.4 Å². The zero-order valence-electron chi connectivity index (χ0n) is 10.7. The smallest absolute Gasteiger partial charge is 0.243 e. The molecule has 0 heterocycles. The second kappa shape index (κ2) is 6.40. The lowest BCUT2D eigenvalue weighted by atomic mass is 10.0. The molecule has 0 aliphatic heterocycles. The maximum atomic E-state index is 13.4. The number of nitrogens with one attached hydrogen (secondary N) is 1. The molecule has 2 atom stereocenters. The van der Waals surface area contributed by atoms with Gasteiger partial charge in [0.2, 0.25) is 10.0 Å². The van der Waals surface area contributed by atoms with Gasteiger partial charge < -0.3 is 5.11 Å². The average Bonchev–Trinajstić information content (AvgIpc) is 2.38. The van der Waals surface area contributed by atoms with Gasteiger partial charge in [-0.05, 0) is 18.1 Å². The Morgan fingerprint density at radius 2 is 2.00 bits per heavy atom. The molecule has 19 heavy (non-hydrogen) atoms. The van der Waals surface area contributed by atoms with Gasteiger partial charge in [-0.15, -0.1) is 0 Å². The van der Waals surface area contributed by atoms with Crippen LogP contribution in [0, 0.1) is 17.6 Å². The molecule has 2 unspecified atom stereocenters. The number of benzene rings is 1. The summed E-state index contributed by atoms with van der Waals surface area (Å²) >= 11 is 0. The highest BCUT2D eigenvalue weighted by molar-refractivity contribution is 7.89. The fourth-order valence-electron chi connectivity index (χ4n) is 1.44. The third-order valence-corrected chi connectivity index (χ3v) is 4.43. The summed E-state index contributed by atoms with van der Waals surface area (Å²) in [5.41, 5.74) is 0. The molecule has 0 fully saturated rings. The monoisotopic (exact) mass is 293 g/mol. The van der Waals surface area contributed by atoms with Gasteiger partial charge in [0.1, 0.15) is 4.90 Å². The molecule has 0 amide bonds. The molecule has 1 rings (SSSR count). The zero-order valence-corrected chi connectivity index (χ0v) is 11.5. The van der Waals surface area contributed by atoms with E-state index in [0.717, 1.165) is 18.2 Å². The summed E-state index contributed by atoms with van der Waals surface area (Å²) < 4.78 is 52.0. The van der Waals surface area contributed by atoms with E-state index in [9.17, 15) is 22.3 Å².